The third kappa shape index (κ3) is 2.01. The summed E-state index contributed by atoms with van der Waals surface area (Å²) in [5.74, 6) is 0.457. The lowest BCUT2D eigenvalue weighted by molar-refractivity contribution is 0.452. The van der Waals surface area contributed by atoms with Crippen LogP contribution in [-0.2, 0) is 0 Å². The van der Waals surface area contributed by atoms with Crippen molar-refractivity contribution in [3.63, 3.8) is 0 Å². The molecule has 0 aliphatic rings. The van der Waals surface area contributed by atoms with E-state index in [1.165, 1.54) is 12.1 Å². The summed E-state index contributed by atoms with van der Waals surface area (Å²) in [6.45, 7) is 2.00. The minimum atomic E-state index is 0.0632. The molecule has 0 saturated heterocycles. The number of phenols is 2. The average molecular weight is 214 g/mol. The Morgan fingerprint density at radius 3 is 2.31 bits per heavy atom. The summed E-state index contributed by atoms with van der Waals surface area (Å²) in [6.07, 6.45) is 0. The molecule has 0 unspecified atom stereocenters. The van der Waals surface area contributed by atoms with Gasteiger partial charge in [-0.05, 0) is 23.8 Å². The fourth-order valence-electron chi connectivity index (χ4n) is 1.81. The van der Waals surface area contributed by atoms with Crippen LogP contribution in [0, 0.1) is 0 Å². The maximum absolute atomic E-state index is 9.76. The smallest absolute Gasteiger partial charge is 0.119 e. The molecule has 0 bridgehead atoms. The predicted octanol–water partition coefficient (Wildman–Crippen LogP) is 3.25. The Kier molecular flexibility index (Phi) is 2.82. The molecule has 2 aromatic rings. The van der Waals surface area contributed by atoms with E-state index in [1.807, 2.05) is 37.3 Å². The molecule has 82 valence electrons. The summed E-state index contributed by atoms with van der Waals surface area (Å²) < 4.78 is 0. The minimum Gasteiger partial charge on any atom is -0.508 e. The van der Waals surface area contributed by atoms with Gasteiger partial charge in [-0.3, -0.25) is 0 Å². The Morgan fingerprint density at radius 2 is 1.62 bits per heavy atom. The first-order valence-corrected chi connectivity index (χ1v) is 5.25. The molecule has 0 amide bonds. The van der Waals surface area contributed by atoms with E-state index in [0.29, 0.717) is 0 Å². The van der Waals surface area contributed by atoms with Crippen LogP contribution in [0.5, 0.6) is 11.5 Å². The van der Waals surface area contributed by atoms with Crippen molar-refractivity contribution < 1.29 is 10.2 Å². The summed E-state index contributed by atoms with van der Waals surface area (Å²) in [5, 5.41) is 19.2. The summed E-state index contributed by atoms with van der Waals surface area (Å²) in [6, 6.07) is 14.5. The lowest BCUT2D eigenvalue weighted by Gasteiger charge is -2.14. The van der Waals surface area contributed by atoms with Gasteiger partial charge in [-0.2, -0.15) is 0 Å². The number of hydrogen-bond donors (Lipinski definition) is 2. The second-order valence-electron chi connectivity index (χ2n) is 3.88. The molecule has 0 radical (unpaired) electrons. The quantitative estimate of drug-likeness (QED) is 0.753. The Bertz CT molecular complexity index is 477. The van der Waals surface area contributed by atoms with Gasteiger partial charge in [0.15, 0.2) is 0 Å². The fraction of sp³-hybridized carbons (Fsp3) is 0.143. The normalized spacial score (nSPS) is 12.3. The van der Waals surface area contributed by atoms with Crippen molar-refractivity contribution in [3.8, 4) is 11.5 Å². The molecular weight excluding hydrogens is 200 g/mol. The van der Waals surface area contributed by atoms with Crippen LogP contribution in [-0.4, -0.2) is 10.2 Å². The van der Waals surface area contributed by atoms with Crippen LogP contribution in [0.15, 0.2) is 48.5 Å². The number of aromatic hydroxyl groups is 2. The maximum Gasteiger partial charge on any atom is 0.119 e. The van der Waals surface area contributed by atoms with E-state index < -0.39 is 0 Å². The molecule has 2 N–H and O–H groups in total. The molecule has 2 aromatic carbocycles. The lowest BCUT2D eigenvalue weighted by atomic mass is 9.92. The van der Waals surface area contributed by atoms with Crippen LogP contribution in [0.3, 0.4) is 0 Å². The number of rotatable bonds is 2. The van der Waals surface area contributed by atoms with Gasteiger partial charge < -0.3 is 10.2 Å². The van der Waals surface area contributed by atoms with Crippen LogP contribution in [0.25, 0.3) is 0 Å². The molecule has 2 heteroatoms. The monoisotopic (exact) mass is 214 g/mol. The molecule has 2 nitrogen and oxygen atoms in total. The van der Waals surface area contributed by atoms with Gasteiger partial charge in [-0.15, -0.1) is 0 Å². The first-order chi connectivity index (χ1) is 7.68. The first-order valence-electron chi connectivity index (χ1n) is 5.25. The molecule has 0 aromatic heterocycles. The lowest BCUT2D eigenvalue weighted by Crippen LogP contribution is -1.95. The van der Waals surface area contributed by atoms with E-state index in [9.17, 15) is 10.2 Å². The van der Waals surface area contributed by atoms with Gasteiger partial charge in [0.05, 0.1) is 0 Å². The highest BCUT2D eigenvalue weighted by molar-refractivity contribution is 5.44. The van der Waals surface area contributed by atoms with Crippen molar-refractivity contribution in [2.75, 3.05) is 0 Å². The molecule has 0 aliphatic heterocycles. The molecule has 16 heavy (non-hydrogen) atoms. The van der Waals surface area contributed by atoms with Gasteiger partial charge in [0.2, 0.25) is 0 Å². The van der Waals surface area contributed by atoms with Crippen LogP contribution < -0.4 is 0 Å². The van der Waals surface area contributed by atoms with E-state index in [4.69, 9.17) is 0 Å². The molecular formula is C14H14O2. The van der Waals surface area contributed by atoms with Crippen LogP contribution in [0.2, 0.25) is 0 Å². The third-order valence-corrected chi connectivity index (χ3v) is 2.78. The summed E-state index contributed by atoms with van der Waals surface area (Å²) in [7, 11) is 0. The number of benzene rings is 2. The largest absolute Gasteiger partial charge is 0.508 e. The highest BCUT2D eigenvalue weighted by atomic mass is 16.3. The zero-order valence-electron chi connectivity index (χ0n) is 9.09. The van der Waals surface area contributed by atoms with E-state index in [-0.39, 0.29) is 17.4 Å². The Morgan fingerprint density at radius 1 is 0.938 bits per heavy atom. The fourth-order valence-corrected chi connectivity index (χ4v) is 1.81. The van der Waals surface area contributed by atoms with Gasteiger partial charge in [-0.25, -0.2) is 0 Å². The van der Waals surface area contributed by atoms with Gasteiger partial charge in [0.1, 0.15) is 11.5 Å². The molecule has 0 saturated carbocycles. The molecule has 0 aliphatic carbocycles. The van der Waals surface area contributed by atoms with Crippen molar-refractivity contribution in [1.29, 1.82) is 0 Å². The zero-order chi connectivity index (χ0) is 11.5. The van der Waals surface area contributed by atoms with E-state index >= 15 is 0 Å². The van der Waals surface area contributed by atoms with Gasteiger partial charge in [0.25, 0.3) is 0 Å². The summed E-state index contributed by atoms with van der Waals surface area (Å²) in [5.41, 5.74) is 1.86. The van der Waals surface area contributed by atoms with Crippen LogP contribution in [0.1, 0.15) is 24.0 Å². The molecule has 1 atom stereocenters. The molecule has 0 fully saturated rings. The van der Waals surface area contributed by atoms with Gasteiger partial charge in [0, 0.05) is 11.5 Å². The van der Waals surface area contributed by atoms with Crippen molar-refractivity contribution >= 4 is 0 Å². The number of phenolic OH excluding ortho intramolecular Hbond substituents is 2. The minimum absolute atomic E-state index is 0.0632. The highest BCUT2D eigenvalue weighted by Gasteiger charge is 2.12. The summed E-state index contributed by atoms with van der Waals surface area (Å²) in [4.78, 5) is 0. The van der Waals surface area contributed by atoms with Crippen LogP contribution in [0.4, 0.5) is 0 Å². The second kappa shape index (κ2) is 4.27. The second-order valence-corrected chi connectivity index (χ2v) is 3.88. The SMILES string of the molecule is C[C@@H](c1ccccc1)c1cc(O)ccc1O. The van der Waals surface area contributed by atoms with Crippen LogP contribution >= 0.6 is 0 Å². The Labute approximate surface area is 94.8 Å². The maximum atomic E-state index is 9.76. The molecule has 2 rings (SSSR count). The highest BCUT2D eigenvalue weighted by Crippen LogP contribution is 2.33. The van der Waals surface area contributed by atoms with E-state index in [1.54, 1.807) is 6.07 Å². The topological polar surface area (TPSA) is 40.5 Å². The summed E-state index contributed by atoms with van der Waals surface area (Å²) >= 11 is 0. The first kappa shape index (κ1) is 10.6. The van der Waals surface area contributed by atoms with Gasteiger partial charge in [-0.1, -0.05) is 37.3 Å². The average Bonchev–Trinajstić information content (AvgIpc) is 2.32. The standard InChI is InChI=1S/C14H14O2/c1-10(11-5-3-2-4-6-11)13-9-12(15)7-8-14(13)16/h2-10,15-16H,1H3/t10-/m0/s1. The van der Waals surface area contributed by atoms with Crippen molar-refractivity contribution in [3.05, 3.63) is 59.7 Å². The molecule has 0 heterocycles. The Hall–Kier alpha value is -1.96. The third-order valence-electron chi connectivity index (χ3n) is 2.78. The Balaban J connectivity index is 2.41. The zero-order valence-corrected chi connectivity index (χ0v) is 9.09. The van der Waals surface area contributed by atoms with Gasteiger partial charge >= 0.3 is 0 Å². The van der Waals surface area contributed by atoms with Crippen molar-refractivity contribution in [2.24, 2.45) is 0 Å². The van der Waals surface area contributed by atoms with Crippen molar-refractivity contribution in [1.82, 2.24) is 0 Å². The van der Waals surface area contributed by atoms with E-state index in [2.05, 4.69) is 0 Å². The van der Waals surface area contributed by atoms with E-state index in [0.717, 1.165) is 11.1 Å². The molecule has 0 spiro atoms. The predicted molar refractivity (Wildman–Crippen MR) is 63.7 cm³/mol. The number of hydrogen-bond acceptors (Lipinski definition) is 2. The van der Waals surface area contributed by atoms with Crippen molar-refractivity contribution in [2.45, 2.75) is 12.8 Å².